The van der Waals surface area contributed by atoms with E-state index in [4.69, 9.17) is 5.73 Å². The van der Waals surface area contributed by atoms with Crippen molar-refractivity contribution in [2.45, 2.75) is 38.3 Å². The molecule has 1 fully saturated rings. The Hall–Kier alpha value is -1.43. The van der Waals surface area contributed by atoms with E-state index in [0.29, 0.717) is 5.69 Å². The van der Waals surface area contributed by atoms with Crippen molar-refractivity contribution in [2.75, 3.05) is 6.54 Å². The van der Waals surface area contributed by atoms with E-state index in [-0.39, 0.29) is 18.0 Å². The summed E-state index contributed by atoms with van der Waals surface area (Å²) in [7, 11) is 0. The maximum atomic E-state index is 12.1. The van der Waals surface area contributed by atoms with Gasteiger partial charge in [0.15, 0.2) is 5.69 Å². The van der Waals surface area contributed by atoms with Crippen LogP contribution in [-0.4, -0.2) is 44.8 Å². The number of carbonyl (C=O) groups excluding carboxylic acids is 1. The Morgan fingerprint density at radius 2 is 2.50 bits per heavy atom. The van der Waals surface area contributed by atoms with Crippen molar-refractivity contribution in [2.24, 2.45) is 5.73 Å². The zero-order chi connectivity index (χ0) is 11.5. The summed E-state index contributed by atoms with van der Waals surface area (Å²) < 4.78 is 0. The van der Waals surface area contributed by atoms with Gasteiger partial charge in [-0.1, -0.05) is 0 Å². The van der Waals surface area contributed by atoms with Crippen molar-refractivity contribution in [3.05, 3.63) is 11.9 Å². The first-order valence-corrected chi connectivity index (χ1v) is 5.62. The van der Waals surface area contributed by atoms with Crippen LogP contribution in [0, 0.1) is 0 Å². The van der Waals surface area contributed by atoms with E-state index in [1.165, 1.54) is 6.20 Å². The molecule has 1 aromatic rings. The molecule has 6 nitrogen and oxygen atoms in total. The maximum absolute atomic E-state index is 12.1. The summed E-state index contributed by atoms with van der Waals surface area (Å²) in [6.45, 7) is 2.71. The molecular formula is C10H17N5O. The Kier molecular flexibility index (Phi) is 3.19. The molecule has 6 heteroatoms. The van der Waals surface area contributed by atoms with Gasteiger partial charge in [0, 0.05) is 18.6 Å². The average Bonchev–Trinajstić information content (AvgIpc) is 2.81. The van der Waals surface area contributed by atoms with Gasteiger partial charge in [-0.15, -0.1) is 0 Å². The van der Waals surface area contributed by atoms with Crippen molar-refractivity contribution in [1.82, 2.24) is 20.3 Å². The topological polar surface area (TPSA) is 87.9 Å². The number of H-pyrrole nitrogens is 1. The van der Waals surface area contributed by atoms with Gasteiger partial charge in [0.05, 0.1) is 6.20 Å². The summed E-state index contributed by atoms with van der Waals surface area (Å²) in [5.74, 6) is -0.0734. The van der Waals surface area contributed by atoms with Gasteiger partial charge in [-0.2, -0.15) is 15.4 Å². The van der Waals surface area contributed by atoms with Crippen molar-refractivity contribution < 1.29 is 4.79 Å². The molecule has 1 saturated heterocycles. The lowest BCUT2D eigenvalue weighted by Crippen LogP contribution is -2.51. The zero-order valence-electron chi connectivity index (χ0n) is 9.39. The molecule has 0 spiro atoms. The predicted molar refractivity (Wildman–Crippen MR) is 58.7 cm³/mol. The van der Waals surface area contributed by atoms with E-state index in [9.17, 15) is 4.79 Å². The Bertz CT molecular complexity index is 348. The Balaban J connectivity index is 2.14. The van der Waals surface area contributed by atoms with E-state index in [1.54, 1.807) is 0 Å². The third kappa shape index (κ3) is 2.06. The molecule has 88 valence electrons. The fourth-order valence-corrected chi connectivity index (χ4v) is 2.21. The van der Waals surface area contributed by atoms with Crippen LogP contribution in [0.3, 0.4) is 0 Å². The molecule has 2 heterocycles. The summed E-state index contributed by atoms with van der Waals surface area (Å²) >= 11 is 0. The summed E-state index contributed by atoms with van der Waals surface area (Å²) in [4.78, 5) is 13.9. The van der Waals surface area contributed by atoms with Gasteiger partial charge in [0.1, 0.15) is 0 Å². The van der Waals surface area contributed by atoms with Crippen molar-refractivity contribution in [3.63, 3.8) is 0 Å². The van der Waals surface area contributed by atoms with Gasteiger partial charge in [0.25, 0.3) is 5.91 Å². The van der Waals surface area contributed by atoms with Crippen LogP contribution < -0.4 is 5.73 Å². The van der Waals surface area contributed by atoms with Crippen LogP contribution in [0.15, 0.2) is 6.20 Å². The molecule has 1 amide bonds. The molecule has 2 unspecified atom stereocenters. The van der Waals surface area contributed by atoms with Crippen LogP contribution in [0.25, 0.3) is 0 Å². The maximum Gasteiger partial charge on any atom is 0.276 e. The number of hydrogen-bond acceptors (Lipinski definition) is 4. The summed E-state index contributed by atoms with van der Waals surface area (Å²) in [6.07, 6.45) is 4.60. The first-order chi connectivity index (χ1) is 7.70. The van der Waals surface area contributed by atoms with Crippen LogP contribution >= 0.6 is 0 Å². The van der Waals surface area contributed by atoms with Gasteiger partial charge in [-0.3, -0.25) is 4.79 Å². The van der Waals surface area contributed by atoms with Gasteiger partial charge >= 0.3 is 0 Å². The van der Waals surface area contributed by atoms with Crippen molar-refractivity contribution in [1.29, 1.82) is 0 Å². The second-order valence-corrected chi connectivity index (χ2v) is 4.28. The molecule has 0 aromatic carbocycles. The lowest BCUT2D eigenvalue weighted by atomic mass is 9.96. The predicted octanol–water partition coefficient (Wildman–Crippen LogP) is 0.147. The highest BCUT2D eigenvalue weighted by molar-refractivity contribution is 5.92. The van der Waals surface area contributed by atoms with Crippen LogP contribution in [0.5, 0.6) is 0 Å². The van der Waals surface area contributed by atoms with Gasteiger partial charge in [-0.05, 0) is 26.2 Å². The monoisotopic (exact) mass is 223 g/mol. The highest BCUT2D eigenvalue weighted by Gasteiger charge is 2.30. The van der Waals surface area contributed by atoms with E-state index < -0.39 is 0 Å². The number of hydrogen-bond donors (Lipinski definition) is 2. The molecule has 3 N–H and O–H groups in total. The Morgan fingerprint density at radius 1 is 1.69 bits per heavy atom. The highest BCUT2D eigenvalue weighted by atomic mass is 16.2. The number of nitrogens with one attached hydrogen (secondary N) is 1. The minimum absolute atomic E-state index is 0.00356. The van der Waals surface area contributed by atoms with Crippen LogP contribution in [0.1, 0.15) is 36.7 Å². The summed E-state index contributed by atoms with van der Waals surface area (Å²) in [5, 5.41) is 9.93. The lowest BCUT2D eigenvalue weighted by molar-refractivity contribution is 0.0577. The fraction of sp³-hybridized carbons (Fsp3) is 0.700. The first-order valence-electron chi connectivity index (χ1n) is 5.62. The zero-order valence-corrected chi connectivity index (χ0v) is 9.39. The molecule has 1 aliphatic heterocycles. The standard InChI is InChI=1S/C10H17N5O/c1-7(11)9-4-2-3-5-15(9)10(16)8-6-12-14-13-8/h6-7,9H,2-5,11H2,1H3,(H,12,13,14). The highest BCUT2D eigenvalue weighted by Crippen LogP contribution is 2.20. The minimum Gasteiger partial charge on any atom is -0.333 e. The lowest BCUT2D eigenvalue weighted by Gasteiger charge is -2.37. The quantitative estimate of drug-likeness (QED) is 0.746. The first kappa shape index (κ1) is 11.1. The SMILES string of the molecule is CC(N)C1CCCCN1C(=O)c1cn[nH]n1. The number of piperidine rings is 1. The molecule has 0 saturated carbocycles. The number of aromatic amines is 1. The Morgan fingerprint density at radius 3 is 3.12 bits per heavy atom. The van der Waals surface area contributed by atoms with Gasteiger partial charge in [-0.25, -0.2) is 0 Å². The summed E-state index contributed by atoms with van der Waals surface area (Å²) in [5.41, 5.74) is 6.28. The minimum atomic E-state index is -0.0734. The number of likely N-dealkylation sites (tertiary alicyclic amines) is 1. The number of amides is 1. The van der Waals surface area contributed by atoms with Crippen molar-refractivity contribution >= 4 is 5.91 Å². The second kappa shape index (κ2) is 4.61. The third-order valence-corrected chi connectivity index (χ3v) is 3.05. The molecule has 1 aromatic heterocycles. The third-order valence-electron chi connectivity index (χ3n) is 3.05. The van der Waals surface area contributed by atoms with Crippen LogP contribution in [-0.2, 0) is 0 Å². The van der Waals surface area contributed by atoms with Crippen LogP contribution in [0.2, 0.25) is 0 Å². The number of nitrogens with zero attached hydrogens (tertiary/aromatic N) is 3. The number of carbonyl (C=O) groups is 1. The average molecular weight is 223 g/mol. The molecule has 1 aliphatic rings. The number of rotatable bonds is 2. The fourth-order valence-electron chi connectivity index (χ4n) is 2.21. The largest absolute Gasteiger partial charge is 0.333 e. The van der Waals surface area contributed by atoms with E-state index in [1.807, 2.05) is 11.8 Å². The molecule has 16 heavy (non-hydrogen) atoms. The smallest absolute Gasteiger partial charge is 0.276 e. The normalized spacial score (nSPS) is 23.1. The van der Waals surface area contributed by atoms with E-state index >= 15 is 0 Å². The molecule has 0 radical (unpaired) electrons. The van der Waals surface area contributed by atoms with E-state index in [0.717, 1.165) is 25.8 Å². The molecule has 2 atom stereocenters. The number of nitrogens with two attached hydrogens (primary N) is 1. The molecule has 2 rings (SSSR count). The summed E-state index contributed by atoms with van der Waals surface area (Å²) in [6, 6.07) is 0.120. The van der Waals surface area contributed by atoms with Gasteiger partial charge < -0.3 is 10.6 Å². The van der Waals surface area contributed by atoms with E-state index in [2.05, 4.69) is 15.4 Å². The van der Waals surface area contributed by atoms with Crippen LogP contribution in [0.4, 0.5) is 0 Å². The Labute approximate surface area is 94.2 Å². The van der Waals surface area contributed by atoms with Gasteiger partial charge in [0.2, 0.25) is 0 Å². The molecule has 0 aliphatic carbocycles. The van der Waals surface area contributed by atoms with Crippen molar-refractivity contribution in [3.8, 4) is 0 Å². The number of aromatic nitrogens is 3. The molecule has 0 bridgehead atoms. The molecular weight excluding hydrogens is 206 g/mol. The second-order valence-electron chi connectivity index (χ2n) is 4.28.